The van der Waals surface area contributed by atoms with Crippen molar-refractivity contribution in [2.24, 2.45) is 5.92 Å². The Labute approximate surface area is 158 Å². The van der Waals surface area contributed by atoms with Crippen LogP contribution in [-0.2, 0) is 14.4 Å². The van der Waals surface area contributed by atoms with Gasteiger partial charge in [0, 0.05) is 38.5 Å². The van der Waals surface area contributed by atoms with Gasteiger partial charge in [-0.25, -0.2) is 0 Å². The Balaban J connectivity index is 2.65. The van der Waals surface area contributed by atoms with Crippen LogP contribution in [0.2, 0.25) is 0 Å². The second kappa shape index (κ2) is 11.2. The topological polar surface area (TPSA) is 69.7 Å². The molecule has 1 N–H and O–H groups in total. The van der Waals surface area contributed by atoms with Crippen molar-refractivity contribution < 1.29 is 14.4 Å². The average molecular weight is 368 g/mol. The van der Waals surface area contributed by atoms with Gasteiger partial charge in [-0.3, -0.25) is 14.4 Å². The molecule has 1 aliphatic rings. The lowest BCUT2D eigenvalue weighted by Gasteiger charge is -2.41. The van der Waals surface area contributed by atoms with Crippen molar-refractivity contribution in [3.05, 3.63) is 0 Å². The minimum atomic E-state index is -0.492. The van der Waals surface area contributed by atoms with Crippen molar-refractivity contribution >= 4 is 17.7 Å². The molecule has 26 heavy (non-hydrogen) atoms. The van der Waals surface area contributed by atoms with Crippen molar-refractivity contribution in [1.29, 1.82) is 0 Å². The SMILES string of the molecule is CCCCC(=O)NC(C(=O)N1CCN(C(=O)CCCC)C(C)C1)C(C)C. The van der Waals surface area contributed by atoms with Crippen molar-refractivity contribution in [3.63, 3.8) is 0 Å². The number of piperazine rings is 1. The van der Waals surface area contributed by atoms with E-state index in [1.54, 1.807) is 4.90 Å². The number of unbranched alkanes of at least 4 members (excludes halogenated alkanes) is 2. The molecule has 0 bridgehead atoms. The molecule has 150 valence electrons. The van der Waals surface area contributed by atoms with E-state index in [4.69, 9.17) is 0 Å². The molecule has 3 amide bonds. The first-order chi connectivity index (χ1) is 12.3. The summed E-state index contributed by atoms with van der Waals surface area (Å²) in [7, 11) is 0. The summed E-state index contributed by atoms with van der Waals surface area (Å²) in [5.74, 6) is 0.130. The molecule has 1 rings (SSSR count). The smallest absolute Gasteiger partial charge is 0.245 e. The first-order valence-corrected chi connectivity index (χ1v) is 10.2. The Bertz CT molecular complexity index is 479. The Morgan fingerprint density at radius 3 is 2.19 bits per heavy atom. The summed E-state index contributed by atoms with van der Waals surface area (Å²) in [6.45, 7) is 11.7. The maximum Gasteiger partial charge on any atom is 0.245 e. The van der Waals surface area contributed by atoms with Gasteiger partial charge in [0.25, 0.3) is 0 Å². The summed E-state index contributed by atoms with van der Waals surface area (Å²) in [5, 5.41) is 2.91. The maximum atomic E-state index is 13.0. The molecular weight excluding hydrogens is 330 g/mol. The van der Waals surface area contributed by atoms with E-state index in [0.717, 1.165) is 25.7 Å². The molecule has 0 radical (unpaired) electrons. The van der Waals surface area contributed by atoms with Crippen molar-refractivity contribution in [3.8, 4) is 0 Å². The van der Waals surface area contributed by atoms with E-state index in [9.17, 15) is 14.4 Å². The van der Waals surface area contributed by atoms with E-state index < -0.39 is 6.04 Å². The highest BCUT2D eigenvalue weighted by Crippen LogP contribution is 2.15. The highest BCUT2D eigenvalue weighted by atomic mass is 16.2. The minimum Gasteiger partial charge on any atom is -0.344 e. The fraction of sp³-hybridized carbons (Fsp3) is 0.850. The van der Waals surface area contributed by atoms with Gasteiger partial charge in [-0.15, -0.1) is 0 Å². The number of hydrogen-bond donors (Lipinski definition) is 1. The highest BCUT2D eigenvalue weighted by molar-refractivity contribution is 5.88. The zero-order chi connectivity index (χ0) is 19.7. The van der Waals surface area contributed by atoms with E-state index >= 15 is 0 Å². The van der Waals surface area contributed by atoms with Crippen LogP contribution < -0.4 is 5.32 Å². The molecule has 2 atom stereocenters. The Morgan fingerprint density at radius 1 is 1.04 bits per heavy atom. The Morgan fingerprint density at radius 2 is 1.65 bits per heavy atom. The Kier molecular flexibility index (Phi) is 9.66. The summed E-state index contributed by atoms with van der Waals surface area (Å²) in [6, 6.07) is -0.477. The molecular formula is C20H37N3O3. The molecule has 1 saturated heterocycles. The maximum absolute atomic E-state index is 13.0. The summed E-state index contributed by atoms with van der Waals surface area (Å²) in [4.78, 5) is 41.0. The number of rotatable bonds is 9. The monoisotopic (exact) mass is 367 g/mol. The molecule has 1 aliphatic heterocycles. The summed E-state index contributed by atoms with van der Waals surface area (Å²) in [5.41, 5.74) is 0. The van der Waals surface area contributed by atoms with E-state index in [1.807, 2.05) is 32.6 Å². The van der Waals surface area contributed by atoms with Crippen LogP contribution in [0.4, 0.5) is 0 Å². The number of amides is 3. The van der Waals surface area contributed by atoms with Crippen LogP contribution in [0.15, 0.2) is 0 Å². The molecule has 1 fully saturated rings. The first-order valence-electron chi connectivity index (χ1n) is 10.2. The molecule has 0 saturated carbocycles. The Hall–Kier alpha value is -1.59. The third kappa shape index (κ3) is 6.61. The number of hydrogen-bond acceptors (Lipinski definition) is 3. The molecule has 0 spiro atoms. The minimum absolute atomic E-state index is 0.0145. The fourth-order valence-corrected chi connectivity index (χ4v) is 3.29. The lowest BCUT2D eigenvalue weighted by molar-refractivity contribution is -0.145. The van der Waals surface area contributed by atoms with Crippen molar-refractivity contribution in [1.82, 2.24) is 15.1 Å². The predicted octanol–water partition coefficient (Wildman–Crippen LogP) is 2.57. The third-order valence-corrected chi connectivity index (χ3v) is 5.01. The second-order valence-electron chi connectivity index (χ2n) is 7.72. The van der Waals surface area contributed by atoms with Crippen LogP contribution in [0.3, 0.4) is 0 Å². The van der Waals surface area contributed by atoms with Gasteiger partial charge >= 0.3 is 0 Å². The number of carbonyl (C=O) groups is 3. The predicted molar refractivity (Wildman–Crippen MR) is 104 cm³/mol. The molecule has 0 aromatic heterocycles. The van der Waals surface area contributed by atoms with Crippen LogP contribution >= 0.6 is 0 Å². The molecule has 0 aliphatic carbocycles. The van der Waals surface area contributed by atoms with Crippen LogP contribution in [0.5, 0.6) is 0 Å². The van der Waals surface area contributed by atoms with Crippen LogP contribution in [0.1, 0.15) is 73.1 Å². The van der Waals surface area contributed by atoms with E-state index in [0.29, 0.717) is 32.5 Å². The zero-order valence-electron chi connectivity index (χ0n) is 17.2. The van der Waals surface area contributed by atoms with Gasteiger partial charge < -0.3 is 15.1 Å². The lowest BCUT2D eigenvalue weighted by atomic mass is 10.0. The summed E-state index contributed by atoms with van der Waals surface area (Å²) in [6.07, 6.45) is 4.75. The lowest BCUT2D eigenvalue weighted by Crippen LogP contribution is -2.59. The molecule has 1 heterocycles. The van der Waals surface area contributed by atoms with Gasteiger partial charge in [0.15, 0.2) is 0 Å². The van der Waals surface area contributed by atoms with Crippen LogP contribution in [0.25, 0.3) is 0 Å². The molecule has 0 aromatic rings. The standard InChI is InChI=1S/C20H37N3O3/c1-6-8-10-17(24)21-19(15(3)4)20(26)22-12-13-23(16(5)14-22)18(25)11-9-7-2/h15-16,19H,6-14H2,1-5H3,(H,21,24). The summed E-state index contributed by atoms with van der Waals surface area (Å²) < 4.78 is 0. The number of nitrogens with one attached hydrogen (secondary N) is 1. The van der Waals surface area contributed by atoms with Gasteiger partial charge in [-0.2, -0.15) is 0 Å². The normalized spacial score (nSPS) is 18.8. The number of nitrogens with zero attached hydrogens (tertiary/aromatic N) is 2. The molecule has 0 aromatic carbocycles. The average Bonchev–Trinajstić information content (AvgIpc) is 2.61. The highest BCUT2D eigenvalue weighted by Gasteiger charge is 2.34. The van der Waals surface area contributed by atoms with Gasteiger partial charge in [0.05, 0.1) is 0 Å². The number of carbonyl (C=O) groups excluding carboxylic acids is 3. The quantitative estimate of drug-likeness (QED) is 0.681. The van der Waals surface area contributed by atoms with Gasteiger partial charge in [0.1, 0.15) is 6.04 Å². The first kappa shape index (κ1) is 22.5. The van der Waals surface area contributed by atoms with E-state index in [1.165, 1.54) is 0 Å². The van der Waals surface area contributed by atoms with Gasteiger partial charge in [0.2, 0.25) is 17.7 Å². The third-order valence-electron chi connectivity index (χ3n) is 5.01. The molecule has 2 unspecified atom stereocenters. The van der Waals surface area contributed by atoms with Crippen LogP contribution in [-0.4, -0.2) is 59.2 Å². The van der Waals surface area contributed by atoms with Gasteiger partial charge in [-0.05, 0) is 25.7 Å². The second-order valence-corrected chi connectivity index (χ2v) is 7.72. The molecule has 6 heteroatoms. The van der Waals surface area contributed by atoms with E-state index in [2.05, 4.69) is 12.2 Å². The zero-order valence-corrected chi connectivity index (χ0v) is 17.2. The van der Waals surface area contributed by atoms with Crippen molar-refractivity contribution in [2.75, 3.05) is 19.6 Å². The fourth-order valence-electron chi connectivity index (χ4n) is 3.29. The van der Waals surface area contributed by atoms with E-state index in [-0.39, 0.29) is 29.7 Å². The van der Waals surface area contributed by atoms with Gasteiger partial charge in [-0.1, -0.05) is 40.5 Å². The molecule has 6 nitrogen and oxygen atoms in total. The van der Waals surface area contributed by atoms with Crippen LogP contribution in [0, 0.1) is 5.92 Å². The van der Waals surface area contributed by atoms with Crippen molar-refractivity contribution in [2.45, 2.75) is 85.2 Å². The summed E-state index contributed by atoms with van der Waals surface area (Å²) >= 11 is 0. The largest absolute Gasteiger partial charge is 0.344 e.